The number of para-hydroxylation sites is 1. The number of nitrogens with zero attached hydrogens (tertiary/aromatic N) is 3. The maximum atomic E-state index is 11.9. The average Bonchev–Trinajstić information content (AvgIpc) is 3.16. The number of carbonyl (C=O) groups is 1. The van der Waals surface area contributed by atoms with Crippen LogP contribution >= 0.6 is 11.3 Å². The van der Waals surface area contributed by atoms with E-state index >= 15 is 0 Å². The molecule has 0 aliphatic carbocycles. The molecule has 0 atom stereocenters. The van der Waals surface area contributed by atoms with Gasteiger partial charge in [0.1, 0.15) is 18.9 Å². The lowest BCUT2D eigenvalue weighted by Crippen LogP contribution is -2.41. The summed E-state index contributed by atoms with van der Waals surface area (Å²) in [5, 5.41) is 5.38. The van der Waals surface area contributed by atoms with Crippen LogP contribution in [0.3, 0.4) is 0 Å². The van der Waals surface area contributed by atoms with Crippen LogP contribution < -0.4 is 10.1 Å². The standard InChI is InChI=1S/C20H28N4O2S/c1-16-8-5-6-10-18(16)26-12-11-24(4)20(22-15-19(25)23(2)3)21-14-17-9-7-13-27-17/h5-10,13H,11-12,14-15H2,1-4H3,(H,21,22). The Kier molecular flexibility index (Phi) is 8.13. The second-order valence-electron chi connectivity index (χ2n) is 6.40. The average molecular weight is 389 g/mol. The lowest BCUT2D eigenvalue weighted by atomic mass is 10.2. The van der Waals surface area contributed by atoms with Gasteiger partial charge in [-0.3, -0.25) is 4.79 Å². The second kappa shape index (κ2) is 10.6. The van der Waals surface area contributed by atoms with Crippen LogP contribution in [0.25, 0.3) is 0 Å². The Morgan fingerprint density at radius 2 is 1.96 bits per heavy atom. The number of likely N-dealkylation sites (N-methyl/N-ethyl adjacent to an activating group) is 2. The third-order valence-corrected chi connectivity index (χ3v) is 4.88. The molecule has 2 aromatic rings. The lowest BCUT2D eigenvalue weighted by molar-refractivity contribution is -0.127. The van der Waals surface area contributed by atoms with Crippen LogP contribution in [-0.2, 0) is 11.3 Å². The van der Waals surface area contributed by atoms with Gasteiger partial charge < -0.3 is 19.9 Å². The van der Waals surface area contributed by atoms with E-state index in [-0.39, 0.29) is 12.5 Å². The van der Waals surface area contributed by atoms with Gasteiger partial charge in [0.2, 0.25) is 5.91 Å². The van der Waals surface area contributed by atoms with Crippen molar-refractivity contribution in [2.24, 2.45) is 4.99 Å². The van der Waals surface area contributed by atoms with E-state index in [1.54, 1.807) is 30.3 Å². The van der Waals surface area contributed by atoms with E-state index in [2.05, 4.69) is 16.4 Å². The molecule has 0 aliphatic heterocycles. The van der Waals surface area contributed by atoms with Gasteiger partial charge in [-0.05, 0) is 30.0 Å². The third-order valence-electron chi connectivity index (χ3n) is 4.00. The van der Waals surface area contributed by atoms with Gasteiger partial charge in [-0.15, -0.1) is 11.3 Å². The molecule has 0 bridgehead atoms. The molecule has 0 radical (unpaired) electrons. The summed E-state index contributed by atoms with van der Waals surface area (Å²) in [6, 6.07) is 12.1. The Morgan fingerprint density at radius 1 is 1.19 bits per heavy atom. The fourth-order valence-electron chi connectivity index (χ4n) is 2.29. The molecule has 27 heavy (non-hydrogen) atoms. The summed E-state index contributed by atoms with van der Waals surface area (Å²) in [7, 11) is 5.41. The van der Waals surface area contributed by atoms with Gasteiger partial charge in [0.05, 0.1) is 13.1 Å². The van der Waals surface area contributed by atoms with Gasteiger partial charge in [-0.25, -0.2) is 4.99 Å². The van der Waals surface area contributed by atoms with Gasteiger partial charge in [-0.1, -0.05) is 24.3 Å². The van der Waals surface area contributed by atoms with E-state index in [1.807, 2.05) is 54.6 Å². The quantitative estimate of drug-likeness (QED) is 0.558. The number of rotatable bonds is 8. The second-order valence-corrected chi connectivity index (χ2v) is 7.43. The minimum absolute atomic E-state index is 0.0324. The number of amides is 1. The van der Waals surface area contributed by atoms with Crippen molar-refractivity contribution in [2.75, 3.05) is 40.8 Å². The van der Waals surface area contributed by atoms with Gasteiger partial charge in [0.25, 0.3) is 0 Å². The van der Waals surface area contributed by atoms with Gasteiger partial charge in [0, 0.05) is 26.0 Å². The minimum atomic E-state index is -0.0324. The number of aliphatic imine (C=N–C) groups is 1. The topological polar surface area (TPSA) is 57.2 Å². The summed E-state index contributed by atoms with van der Waals surface area (Å²) in [5.41, 5.74) is 1.11. The summed E-state index contributed by atoms with van der Waals surface area (Å²) >= 11 is 1.69. The molecular formula is C20H28N4O2S. The smallest absolute Gasteiger partial charge is 0.243 e. The number of hydrogen-bond acceptors (Lipinski definition) is 4. The van der Waals surface area contributed by atoms with E-state index in [0.717, 1.165) is 11.3 Å². The van der Waals surface area contributed by atoms with Crippen LogP contribution in [-0.4, -0.2) is 62.5 Å². The fraction of sp³-hybridized carbons (Fsp3) is 0.400. The van der Waals surface area contributed by atoms with Crippen LogP contribution in [0.15, 0.2) is 46.8 Å². The van der Waals surface area contributed by atoms with Crippen molar-refractivity contribution in [3.05, 3.63) is 52.2 Å². The highest BCUT2D eigenvalue weighted by atomic mass is 32.1. The van der Waals surface area contributed by atoms with Crippen LogP contribution in [0.4, 0.5) is 0 Å². The molecule has 1 aromatic heterocycles. The lowest BCUT2D eigenvalue weighted by Gasteiger charge is -2.23. The molecule has 146 valence electrons. The summed E-state index contributed by atoms with van der Waals surface area (Å²) in [5.74, 6) is 1.54. The third kappa shape index (κ3) is 6.94. The van der Waals surface area contributed by atoms with E-state index in [1.165, 1.54) is 4.88 Å². The van der Waals surface area contributed by atoms with Crippen molar-refractivity contribution in [3.63, 3.8) is 0 Å². The Hall–Kier alpha value is -2.54. The monoisotopic (exact) mass is 388 g/mol. The number of hydrogen-bond donors (Lipinski definition) is 1. The van der Waals surface area contributed by atoms with Gasteiger partial charge in [0.15, 0.2) is 5.96 Å². The number of carbonyl (C=O) groups excluding carboxylic acids is 1. The van der Waals surface area contributed by atoms with Crippen molar-refractivity contribution in [1.82, 2.24) is 15.1 Å². The highest BCUT2D eigenvalue weighted by Crippen LogP contribution is 2.15. The number of aryl methyl sites for hydroxylation is 1. The zero-order chi connectivity index (χ0) is 19.6. The zero-order valence-electron chi connectivity index (χ0n) is 16.4. The predicted octanol–water partition coefficient (Wildman–Crippen LogP) is 2.60. The fourth-order valence-corrected chi connectivity index (χ4v) is 2.94. The molecule has 7 heteroatoms. The number of benzene rings is 1. The number of nitrogens with one attached hydrogen (secondary N) is 1. The number of ether oxygens (including phenoxy) is 1. The molecule has 0 aliphatic rings. The van der Waals surface area contributed by atoms with Crippen molar-refractivity contribution in [2.45, 2.75) is 13.5 Å². The first-order valence-corrected chi connectivity index (χ1v) is 9.75. The summed E-state index contributed by atoms with van der Waals surface area (Å²) < 4.78 is 5.87. The molecular weight excluding hydrogens is 360 g/mol. The van der Waals surface area contributed by atoms with E-state index in [4.69, 9.17) is 4.74 Å². The number of guanidine groups is 1. The van der Waals surface area contributed by atoms with Crippen LogP contribution in [0, 0.1) is 6.92 Å². The minimum Gasteiger partial charge on any atom is -0.491 e. The van der Waals surface area contributed by atoms with Crippen molar-refractivity contribution in [3.8, 4) is 5.75 Å². The maximum absolute atomic E-state index is 11.9. The van der Waals surface area contributed by atoms with Gasteiger partial charge >= 0.3 is 0 Å². The Morgan fingerprint density at radius 3 is 2.63 bits per heavy atom. The molecule has 0 fully saturated rings. The van der Waals surface area contributed by atoms with Crippen molar-refractivity contribution < 1.29 is 9.53 Å². The largest absolute Gasteiger partial charge is 0.491 e. The molecule has 6 nitrogen and oxygen atoms in total. The van der Waals surface area contributed by atoms with E-state index in [9.17, 15) is 4.79 Å². The van der Waals surface area contributed by atoms with Crippen LogP contribution in [0.2, 0.25) is 0 Å². The van der Waals surface area contributed by atoms with Crippen molar-refractivity contribution in [1.29, 1.82) is 0 Å². The highest BCUT2D eigenvalue weighted by Gasteiger charge is 2.10. The zero-order valence-corrected chi connectivity index (χ0v) is 17.3. The molecule has 0 saturated heterocycles. The molecule has 0 saturated carbocycles. The first-order valence-electron chi connectivity index (χ1n) is 8.88. The van der Waals surface area contributed by atoms with Gasteiger partial charge in [-0.2, -0.15) is 0 Å². The highest BCUT2D eigenvalue weighted by molar-refractivity contribution is 7.09. The molecule has 0 spiro atoms. The maximum Gasteiger partial charge on any atom is 0.243 e. The Labute approximate surface area is 165 Å². The molecule has 1 aromatic carbocycles. The summed E-state index contributed by atoms with van der Waals surface area (Å²) in [6.07, 6.45) is 0. The molecule has 1 N–H and O–H groups in total. The predicted molar refractivity (Wildman–Crippen MR) is 111 cm³/mol. The van der Waals surface area contributed by atoms with Crippen molar-refractivity contribution >= 4 is 23.2 Å². The first-order chi connectivity index (χ1) is 13.0. The Balaban J connectivity index is 1.94. The van der Waals surface area contributed by atoms with E-state index < -0.39 is 0 Å². The first kappa shape index (κ1) is 20.8. The van der Waals surface area contributed by atoms with Crippen LogP contribution in [0.5, 0.6) is 5.75 Å². The SMILES string of the molecule is Cc1ccccc1OCCN(C)C(=NCC(=O)N(C)C)NCc1cccs1. The molecule has 2 rings (SSSR count). The molecule has 1 amide bonds. The van der Waals surface area contributed by atoms with Crippen LogP contribution in [0.1, 0.15) is 10.4 Å². The number of thiophene rings is 1. The summed E-state index contributed by atoms with van der Waals surface area (Å²) in [6.45, 7) is 4.00. The Bertz CT molecular complexity index is 744. The van der Waals surface area contributed by atoms with E-state index in [0.29, 0.717) is 25.7 Å². The molecule has 1 heterocycles. The molecule has 0 unspecified atom stereocenters. The normalized spacial score (nSPS) is 11.2. The summed E-state index contributed by atoms with van der Waals surface area (Å²) in [4.78, 5) is 21.1.